The van der Waals surface area contributed by atoms with Crippen LogP contribution in [0.15, 0.2) is 18.2 Å². The van der Waals surface area contributed by atoms with Gasteiger partial charge in [-0.3, -0.25) is 9.80 Å². The number of ether oxygens (including phenoxy) is 2. The van der Waals surface area contributed by atoms with Crippen LogP contribution in [0, 0.1) is 5.92 Å². The highest BCUT2D eigenvalue weighted by Gasteiger charge is 2.57. The van der Waals surface area contributed by atoms with E-state index < -0.39 is 0 Å². The van der Waals surface area contributed by atoms with E-state index in [9.17, 15) is 0 Å². The fourth-order valence-corrected chi connectivity index (χ4v) is 6.78. The monoisotopic (exact) mass is 382 g/mol. The molecule has 0 radical (unpaired) electrons. The summed E-state index contributed by atoms with van der Waals surface area (Å²) in [4.78, 5) is 5.51. The Kier molecular flexibility index (Phi) is 4.25. The molecule has 0 spiro atoms. The van der Waals surface area contributed by atoms with E-state index in [2.05, 4.69) is 28.0 Å². The summed E-state index contributed by atoms with van der Waals surface area (Å²) >= 11 is 0. The van der Waals surface area contributed by atoms with Gasteiger partial charge in [-0.2, -0.15) is 0 Å². The van der Waals surface area contributed by atoms with Gasteiger partial charge in [0, 0.05) is 24.0 Å². The molecule has 2 bridgehead atoms. The molecule has 2 unspecified atom stereocenters. The van der Waals surface area contributed by atoms with Crippen molar-refractivity contribution in [3.05, 3.63) is 29.3 Å². The molecule has 152 valence electrons. The van der Waals surface area contributed by atoms with Crippen LogP contribution in [0.5, 0.6) is 5.75 Å². The SMILES string of the molecule is COc1ccc2c(c1)[C@]13CCN(CC4CC4)[C@H](C2)C1OCC(N1CCCC1)C3. The van der Waals surface area contributed by atoms with Crippen molar-refractivity contribution in [1.82, 2.24) is 9.80 Å². The molecule has 4 atom stereocenters. The molecule has 4 fully saturated rings. The fraction of sp³-hybridized carbons (Fsp3) is 0.750. The Labute approximate surface area is 169 Å². The van der Waals surface area contributed by atoms with E-state index in [4.69, 9.17) is 9.47 Å². The highest BCUT2D eigenvalue weighted by molar-refractivity contribution is 5.46. The molecule has 5 aliphatic rings. The molecular formula is C24H34N2O2. The van der Waals surface area contributed by atoms with E-state index >= 15 is 0 Å². The number of nitrogens with zero attached hydrogens (tertiary/aromatic N) is 2. The summed E-state index contributed by atoms with van der Waals surface area (Å²) in [6.07, 6.45) is 9.60. The van der Waals surface area contributed by atoms with Crippen LogP contribution in [0.4, 0.5) is 0 Å². The quantitative estimate of drug-likeness (QED) is 0.798. The van der Waals surface area contributed by atoms with E-state index in [1.54, 1.807) is 18.2 Å². The predicted molar refractivity (Wildman–Crippen MR) is 110 cm³/mol. The fourth-order valence-electron chi connectivity index (χ4n) is 6.78. The molecule has 3 aliphatic heterocycles. The Morgan fingerprint density at radius 2 is 2.04 bits per heavy atom. The normalized spacial score (nSPS) is 38.1. The summed E-state index contributed by atoms with van der Waals surface area (Å²) in [6, 6.07) is 8.02. The van der Waals surface area contributed by atoms with Crippen LogP contribution in [0.2, 0.25) is 0 Å². The van der Waals surface area contributed by atoms with Crippen LogP contribution in [0.25, 0.3) is 0 Å². The lowest BCUT2D eigenvalue weighted by atomic mass is 9.58. The number of methoxy groups -OCH3 is 1. The molecule has 6 rings (SSSR count). The minimum absolute atomic E-state index is 0.179. The van der Waals surface area contributed by atoms with Gasteiger partial charge in [0.25, 0.3) is 0 Å². The first-order chi connectivity index (χ1) is 13.8. The number of piperidine rings is 1. The lowest BCUT2D eigenvalue weighted by molar-refractivity contribution is -0.150. The van der Waals surface area contributed by atoms with Crippen LogP contribution in [0.1, 0.15) is 49.7 Å². The average molecular weight is 383 g/mol. The maximum atomic E-state index is 6.80. The van der Waals surface area contributed by atoms with Crippen molar-refractivity contribution in [3.63, 3.8) is 0 Å². The van der Waals surface area contributed by atoms with Gasteiger partial charge in [0.15, 0.2) is 0 Å². The highest BCUT2D eigenvalue weighted by atomic mass is 16.5. The number of likely N-dealkylation sites (tertiary alicyclic amines) is 2. The van der Waals surface area contributed by atoms with Crippen LogP contribution in [-0.2, 0) is 16.6 Å². The summed E-state index contributed by atoms with van der Waals surface area (Å²) in [6.45, 7) is 5.99. The Morgan fingerprint density at radius 3 is 2.82 bits per heavy atom. The Balaban J connectivity index is 1.39. The van der Waals surface area contributed by atoms with E-state index in [0.717, 1.165) is 24.7 Å². The molecular weight excluding hydrogens is 348 g/mol. The predicted octanol–water partition coefficient (Wildman–Crippen LogP) is 3.23. The number of hydrogen-bond donors (Lipinski definition) is 0. The standard InChI is InChI=1S/C24H34N2O2/c1-27-20-7-6-18-12-22-23-24(21(18)13-20,8-11-26(22)15-17-4-5-17)14-19(16-28-23)25-9-2-3-10-25/h6-7,13,17,19,22-23H,2-5,8-12,14-16H2,1H3/t19?,22-,23?,24-/m1/s1. The molecule has 4 heteroatoms. The van der Waals surface area contributed by atoms with Gasteiger partial charge in [-0.05, 0) is 93.8 Å². The van der Waals surface area contributed by atoms with E-state index in [1.165, 1.54) is 64.7 Å². The van der Waals surface area contributed by atoms with Gasteiger partial charge in [0.1, 0.15) is 5.75 Å². The van der Waals surface area contributed by atoms with Crippen molar-refractivity contribution in [1.29, 1.82) is 0 Å². The van der Waals surface area contributed by atoms with Gasteiger partial charge in [0.05, 0.1) is 19.8 Å². The van der Waals surface area contributed by atoms with Crippen molar-refractivity contribution in [2.24, 2.45) is 5.92 Å². The van der Waals surface area contributed by atoms with Crippen molar-refractivity contribution >= 4 is 0 Å². The van der Waals surface area contributed by atoms with Crippen molar-refractivity contribution in [3.8, 4) is 5.75 Å². The average Bonchev–Trinajstić information content (AvgIpc) is 3.38. The molecule has 3 heterocycles. The smallest absolute Gasteiger partial charge is 0.119 e. The minimum Gasteiger partial charge on any atom is -0.497 e. The van der Waals surface area contributed by atoms with E-state index in [-0.39, 0.29) is 5.41 Å². The lowest BCUT2D eigenvalue weighted by Gasteiger charge is -2.60. The van der Waals surface area contributed by atoms with Gasteiger partial charge in [0.2, 0.25) is 0 Å². The molecule has 28 heavy (non-hydrogen) atoms. The molecule has 0 N–H and O–H groups in total. The number of benzene rings is 1. The second kappa shape index (κ2) is 6.72. The number of fused-ring (bicyclic) bond motifs is 1. The van der Waals surface area contributed by atoms with E-state index in [1.807, 2.05) is 0 Å². The number of rotatable bonds is 4. The molecule has 1 saturated carbocycles. The van der Waals surface area contributed by atoms with Crippen molar-refractivity contribution < 1.29 is 9.47 Å². The third kappa shape index (κ3) is 2.75. The third-order valence-corrected chi connectivity index (χ3v) is 8.41. The first kappa shape index (κ1) is 17.7. The first-order valence-corrected chi connectivity index (χ1v) is 11.5. The minimum atomic E-state index is 0.179. The summed E-state index contributed by atoms with van der Waals surface area (Å²) in [5.41, 5.74) is 3.27. The van der Waals surface area contributed by atoms with Crippen LogP contribution >= 0.6 is 0 Å². The molecule has 1 aromatic carbocycles. The Morgan fingerprint density at radius 1 is 1.18 bits per heavy atom. The summed E-state index contributed by atoms with van der Waals surface area (Å²) in [7, 11) is 1.80. The van der Waals surface area contributed by atoms with Crippen LogP contribution in [0.3, 0.4) is 0 Å². The summed E-state index contributed by atoms with van der Waals surface area (Å²) < 4.78 is 12.4. The third-order valence-electron chi connectivity index (χ3n) is 8.41. The first-order valence-electron chi connectivity index (χ1n) is 11.5. The summed E-state index contributed by atoms with van der Waals surface area (Å²) in [5, 5.41) is 0. The Bertz CT molecular complexity index is 742. The van der Waals surface area contributed by atoms with Crippen LogP contribution < -0.4 is 4.74 Å². The molecule has 1 aromatic rings. The van der Waals surface area contributed by atoms with Crippen molar-refractivity contribution in [2.45, 2.75) is 68.5 Å². The van der Waals surface area contributed by atoms with Crippen molar-refractivity contribution in [2.75, 3.05) is 39.9 Å². The largest absolute Gasteiger partial charge is 0.497 e. The maximum absolute atomic E-state index is 6.80. The molecule has 2 aliphatic carbocycles. The molecule has 0 aromatic heterocycles. The molecule has 0 amide bonds. The van der Waals surface area contributed by atoms with Gasteiger partial charge in [-0.25, -0.2) is 0 Å². The van der Waals surface area contributed by atoms with Gasteiger partial charge in [-0.1, -0.05) is 6.07 Å². The van der Waals surface area contributed by atoms with E-state index in [0.29, 0.717) is 18.2 Å². The molecule has 4 nitrogen and oxygen atoms in total. The lowest BCUT2D eigenvalue weighted by Crippen LogP contribution is -2.68. The highest BCUT2D eigenvalue weighted by Crippen LogP contribution is 2.53. The zero-order valence-electron chi connectivity index (χ0n) is 17.2. The maximum Gasteiger partial charge on any atom is 0.119 e. The van der Waals surface area contributed by atoms with Crippen LogP contribution in [-0.4, -0.2) is 67.9 Å². The van der Waals surface area contributed by atoms with Gasteiger partial charge < -0.3 is 9.47 Å². The Hall–Kier alpha value is -1.10. The number of hydrogen-bond acceptors (Lipinski definition) is 4. The zero-order valence-corrected chi connectivity index (χ0v) is 17.2. The summed E-state index contributed by atoms with van der Waals surface area (Å²) in [5.74, 6) is 1.96. The second-order valence-electron chi connectivity index (χ2n) is 9.99. The topological polar surface area (TPSA) is 24.9 Å². The van der Waals surface area contributed by atoms with Gasteiger partial charge >= 0.3 is 0 Å². The second-order valence-corrected chi connectivity index (χ2v) is 9.99. The molecule has 3 saturated heterocycles. The zero-order chi connectivity index (χ0) is 18.7. The van der Waals surface area contributed by atoms with Gasteiger partial charge in [-0.15, -0.1) is 0 Å².